The average molecular weight is 433 g/mol. The number of rotatable bonds is 4. The first-order valence-corrected chi connectivity index (χ1v) is 10.6. The van der Waals surface area contributed by atoms with Gasteiger partial charge in [-0.15, -0.1) is 0 Å². The molecule has 0 atom stereocenters. The van der Waals surface area contributed by atoms with Crippen LogP contribution in [-0.4, -0.2) is 49.7 Å². The zero-order valence-electron chi connectivity index (χ0n) is 17.4. The highest BCUT2D eigenvalue weighted by atomic mass is 16.7. The second-order valence-electron chi connectivity index (χ2n) is 7.66. The number of nitrogens with zero attached hydrogens (tertiary/aromatic N) is 1. The van der Waals surface area contributed by atoms with E-state index >= 15 is 0 Å². The molecule has 5 rings (SSSR count). The van der Waals surface area contributed by atoms with E-state index in [0.29, 0.717) is 40.8 Å². The van der Waals surface area contributed by atoms with Crippen LogP contribution in [0.1, 0.15) is 27.3 Å². The average Bonchev–Trinajstić information content (AvgIpc) is 3.42. The lowest BCUT2D eigenvalue weighted by atomic mass is 10.1. The van der Waals surface area contributed by atoms with Crippen molar-refractivity contribution < 1.29 is 23.5 Å². The SMILES string of the molecule is O=C(Nc1ccc(-c2ccc(C(=O)N3CCCNCC3)o2)cc1)c1ccc2c(c1)OCO2. The Morgan fingerprint density at radius 3 is 2.62 bits per heavy atom. The molecular weight excluding hydrogens is 410 g/mol. The number of amides is 2. The standard InChI is InChI=1S/C24H23N3O5/c28-23(17-4-7-20-22(14-17)31-15-30-20)26-18-5-2-16(3-6-18)19-8-9-21(32-19)24(29)27-12-1-10-25-11-13-27/h2-9,14,25H,1,10-13,15H2,(H,26,28). The third-order valence-corrected chi connectivity index (χ3v) is 5.51. The van der Waals surface area contributed by atoms with Crippen LogP contribution in [0.2, 0.25) is 0 Å². The summed E-state index contributed by atoms with van der Waals surface area (Å²) in [6, 6.07) is 15.9. The van der Waals surface area contributed by atoms with Gasteiger partial charge in [0, 0.05) is 36.4 Å². The molecule has 3 heterocycles. The highest BCUT2D eigenvalue weighted by molar-refractivity contribution is 6.04. The third kappa shape index (κ3) is 4.17. The van der Waals surface area contributed by atoms with E-state index in [0.717, 1.165) is 31.6 Å². The predicted molar refractivity (Wildman–Crippen MR) is 118 cm³/mol. The van der Waals surface area contributed by atoms with Crippen LogP contribution in [0.3, 0.4) is 0 Å². The molecule has 2 N–H and O–H groups in total. The quantitative estimate of drug-likeness (QED) is 0.656. The molecule has 0 spiro atoms. The number of furan rings is 1. The smallest absolute Gasteiger partial charge is 0.289 e. The number of hydrogen-bond acceptors (Lipinski definition) is 6. The van der Waals surface area contributed by atoms with E-state index in [2.05, 4.69) is 10.6 Å². The van der Waals surface area contributed by atoms with Gasteiger partial charge in [-0.2, -0.15) is 0 Å². The first-order chi connectivity index (χ1) is 15.7. The van der Waals surface area contributed by atoms with Crippen molar-refractivity contribution in [3.63, 3.8) is 0 Å². The third-order valence-electron chi connectivity index (χ3n) is 5.51. The van der Waals surface area contributed by atoms with Gasteiger partial charge in [0.25, 0.3) is 11.8 Å². The molecule has 0 radical (unpaired) electrons. The second-order valence-corrected chi connectivity index (χ2v) is 7.66. The maximum atomic E-state index is 12.7. The van der Waals surface area contributed by atoms with Gasteiger partial charge >= 0.3 is 0 Å². The molecule has 164 valence electrons. The lowest BCUT2D eigenvalue weighted by Gasteiger charge is -2.18. The molecule has 8 heteroatoms. The minimum absolute atomic E-state index is 0.0902. The Labute approximate surface area is 185 Å². The minimum atomic E-state index is -0.242. The fraction of sp³-hybridized carbons (Fsp3) is 0.250. The summed E-state index contributed by atoms with van der Waals surface area (Å²) in [5.74, 6) is 1.81. The van der Waals surface area contributed by atoms with Gasteiger partial charge in [-0.1, -0.05) is 0 Å². The largest absolute Gasteiger partial charge is 0.454 e. The molecule has 2 aromatic carbocycles. The monoisotopic (exact) mass is 433 g/mol. The summed E-state index contributed by atoms with van der Waals surface area (Å²) in [6.07, 6.45) is 0.929. The molecule has 1 fully saturated rings. The van der Waals surface area contributed by atoms with Gasteiger partial charge in [0.2, 0.25) is 6.79 Å². The van der Waals surface area contributed by atoms with Crippen LogP contribution >= 0.6 is 0 Å². The number of fused-ring (bicyclic) bond motifs is 1. The topological polar surface area (TPSA) is 93.0 Å². The van der Waals surface area contributed by atoms with Crippen LogP contribution in [0.5, 0.6) is 11.5 Å². The van der Waals surface area contributed by atoms with E-state index in [1.807, 2.05) is 17.0 Å². The van der Waals surface area contributed by atoms with E-state index in [1.54, 1.807) is 42.5 Å². The molecule has 0 unspecified atom stereocenters. The number of nitrogens with one attached hydrogen (secondary N) is 2. The van der Waals surface area contributed by atoms with Crippen molar-refractivity contribution in [3.8, 4) is 22.8 Å². The molecule has 8 nitrogen and oxygen atoms in total. The van der Waals surface area contributed by atoms with E-state index < -0.39 is 0 Å². The molecule has 1 saturated heterocycles. The lowest BCUT2D eigenvalue weighted by molar-refractivity contribution is 0.0735. The normalized spacial score (nSPS) is 15.3. The van der Waals surface area contributed by atoms with Crippen LogP contribution in [0.4, 0.5) is 5.69 Å². The number of benzene rings is 2. The summed E-state index contributed by atoms with van der Waals surface area (Å²) in [5, 5.41) is 6.16. The van der Waals surface area contributed by atoms with Crippen molar-refractivity contribution in [1.82, 2.24) is 10.2 Å². The van der Waals surface area contributed by atoms with Crippen LogP contribution in [-0.2, 0) is 0 Å². The maximum Gasteiger partial charge on any atom is 0.289 e. The van der Waals surface area contributed by atoms with Crippen molar-refractivity contribution in [2.24, 2.45) is 0 Å². The number of ether oxygens (including phenoxy) is 2. The maximum absolute atomic E-state index is 12.7. The Balaban J connectivity index is 1.25. The van der Waals surface area contributed by atoms with Gasteiger partial charge in [0.05, 0.1) is 0 Å². The molecule has 2 aliphatic heterocycles. The molecule has 3 aromatic rings. The van der Waals surface area contributed by atoms with Gasteiger partial charge in [-0.25, -0.2) is 0 Å². The molecule has 2 aliphatic rings. The Kier molecular flexibility index (Phi) is 5.51. The zero-order chi connectivity index (χ0) is 21.9. The summed E-state index contributed by atoms with van der Waals surface area (Å²) < 4.78 is 16.4. The summed E-state index contributed by atoms with van der Waals surface area (Å²) in [7, 11) is 0. The Bertz CT molecular complexity index is 1130. The summed E-state index contributed by atoms with van der Waals surface area (Å²) >= 11 is 0. The van der Waals surface area contributed by atoms with Crippen LogP contribution in [0.25, 0.3) is 11.3 Å². The van der Waals surface area contributed by atoms with Gasteiger partial charge in [-0.05, 0) is 67.6 Å². The Morgan fingerprint density at radius 1 is 0.906 bits per heavy atom. The molecule has 0 aliphatic carbocycles. The lowest BCUT2D eigenvalue weighted by Crippen LogP contribution is -2.33. The molecule has 1 aromatic heterocycles. The van der Waals surface area contributed by atoms with Crippen molar-refractivity contribution in [2.45, 2.75) is 6.42 Å². The first kappa shape index (κ1) is 20.1. The van der Waals surface area contributed by atoms with Gasteiger partial charge in [0.1, 0.15) is 5.76 Å². The summed E-state index contributed by atoms with van der Waals surface area (Å²) in [6.45, 7) is 3.27. The van der Waals surface area contributed by atoms with E-state index in [-0.39, 0.29) is 18.6 Å². The predicted octanol–water partition coefficient (Wildman–Crippen LogP) is 3.36. The number of hydrogen-bond donors (Lipinski definition) is 2. The van der Waals surface area contributed by atoms with Gasteiger partial charge in [-0.3, -0.25) is 9.59 Å². The van der Waals surface area contributed by atoms with E-state index in [4.69, 9.17) is 13.9 Å². The van der Waals surface area contributed by atoms with Crippen molar-refractivity contribution in [3.05, 3.63) is 65.9 Å². The number of carbonyl (C=O) groups excluding carboxylic acids is 2. The van der Waals surface area contributed by atoms with Gasteiger partial charge in [0.15, 0.2) is 17.3 Å². The van der Waals surface area contributed by atoms with Crippen molar-refractivity contribution in [1.29, 1.82) is 0 Å². The molecule has 0 bridgehead atoms. The zero-order valence-corrected chi connectivity index (χ0v) is 17.4. The van der Waals surface area contributed by atoms with E-state index in [1.165, 1.54) is 0 Å². The van der Waals surface area contributed by atoms with Crippen LogP contribution in [0.15, 0.2) is 59.0 Å². The van der Waals surface area contributed by atoms with Crippen molar-refractivity contribution >= 4 is 17.5 Å². The molecule has 32 heavy (non-hydrogen) atoms. The van der Waals surface area contributed by atoms with Crippen LogP contribution in [0, 0.1) is 0 Å². The summed E-state index contributed by atoms with van der Waals surface area (Å²) in [4.78, 5) is 27.1. The molecule has 2 amide bonds. The highest BCUT2D eigenvalue weighted by Crippen LogP contribution is 2.32. The van der Waals surface area contributed by atoms with E-state index in [9.17, 15) is 9.59 Å². The van der Waals surface area contributed by atoms with Crippen LogP contribution < -0.4 is 20.1 Å². The number of anilines is 1. The molecular formula is C24H23N3O5. The Hall–Kier alpha value is -3.78. The van der Waals surface area contributed by atoms with Crippen molar-refractivity contribution in [2.75, 3.05) is 38.3 Å². The second kappa shape index (κ2) is 8.76. The summed E-state index contributed by atoms with van der Waals surface area (Å²) in [5.41, 5.74) is 1.95. The fourth-order valence-electron chi connectivity index (χ4n) is 3.77. The van der Waals surface area contributed by atoms with Gasteiger partial charge < -0.3 is 29.4 Å². The minimum Gasteiger partial charge on any atom is -0.454 e. The Morgan fingerprint density at radius 2 is 1.75 bits per heavy atom. The molecule has 0 saturated carbocycles. The fourth-order valence-corrected chi connectivity index (χ4v) is 3.77. The highest BCUT2D eigenvalue weighted by Gasteiger charge is 2.21. The first-order valence-electron chi connectivity index (χ1n) is 10.6. The number of carbonyl (C=O) groups is 2.